The van der Waals surface area contributed by atoms with Crippen molar-refractivity contribution in [1.29, 1.82) is 0 Å². The maximum absolute atomic E-state index is 11.9. The first-order chi connectivity index (χ1) is 10.1. The Balaban J connectivity index is 2.04. The molecule has 0 aliphatic heterocycles. The number of nitrogens with zero attached hydrogens (tertiary/aromatic N) is 1. The molecule has 0 bridgehead atoms. The predicted molar refractivity (Wildman–Crippen MR) is 86.1 cm³/mol. The minimum atomic E-state index is -0.180. The summed E-state index contributed by atoms with van der Waals surface area (Å²) in [5.74, 6) is 0.491. The van der Waals surface area contributed by atoms with E-state index in [1.54, 1.807) is 18.4 Å². The largest absolute Gasteiger partial charge is 0.358 e. The number of thiophene rings is 1. The lowest BCUT2D eigenvalue weighted by Crippen LogP contribution is -2.43. The maximum atomic E-state index is 11.9. The Morgan fingerprint density at radius 1 is 1.48 bits per heavy atom. The van der Waals surface area contributed by atoms with Gasteiger partial charge in [-0.2, -0.15) is 5.10 Å². The van der Waals surface area contributed by atoms with Gasteiger partial charge in [0.2, 0.25) is 5.91 Å². The SMILES string of the molecule is CNC(=O)C(CC(C)C)NCc1cn[nH]c1-c1cccs1. The van der Waals surface area contributed by atoms with Crippen molar-refractivity contribution < 1.29 is 4.79 Å². The molecule has 2 aromatic rings. The molecule has 3 N–H and O–H groups in total. The van der Waals surface area contributed by atoms with Gasteiger partial charge in [0.05, 0.1) is 22.8 Å². The molecule has 2 heterocycles. The molecule has 6 heteroatoms. The molecule has 0 saturated heterocycles. The van der Waals surface area contributed by atoms with Crippen molar-refractivity contribution in [2.24, 2.45) is 5.92 Å². The van der Waals surface area contributed by atoms with Crippen LogP contribution in [0.5, 0.6) is 0 Å². The predicted octanol–water partition coefficient (Wildman–Crippen LogP) is 2.39. The smallest absolute Gasteiger partial charge is 0.236 e. The molecule has 1 atom stereocenters. The van der Waals surface area contributed by atoms with Crippen LogP contribution in [0.25, 0.3) is 10.6 Å². The van der Waals surface area contributed by atoms with E-state index >= 15 is 0 Å². The van der Waals surface area contributed by atoms with E-state index < -0.39 is 0 Å². The first-order valence-electron chi connectivity index (χ1n) is 7.13. The van der Waals surface area contributed by atoms with Crippen molar-refractivity contribution in [3.8, 4) is 10.6 Å². The van der Waals surface area contributed by atoms with Crippen molar-refractivity contribution >= 4 is 17.2 Å². The molecule has 0 radical (unpaired) electrons. The molecule has 0 saturated carbocycles. The van der Waals surface area contributed by atoms with Gasteiger partial charge in [0.1, 0.15) is 0 Å². The van der Waals surface area contributed by atoms with Crippen LogP contribution in [0.2, 0.25) is 0 Å². The Hall–Kier alpha value is -1.66. The summed E-state index contributed by atoms with van der Waals surface area (Å²) in [4.78, 5) is 13.1. The molecule has 5 nitrogen and oxygen atoms in total. The number of nitrogens with one attached hydrogen (secondary N) is 3. The Kier molecular flexibility index (Phi) is 5.52. The summed E-state index contributed by atoms with van der Waals surface area (Å²) < 4.78 is 0. The number of hydrogen-bond acceptors (Lipinski definition) is 4. The standard InChI is InChI=1S/C15H22N4OS/c1-10(2)7-12(15(20)16-3)17-8-11-9-18-19-14(11)13-5-4-6-21-13/h4-6,9-10,12,17H,7-8H2,1-3H3,(H,16,20)(H,18,19). The highest BCUT2D eigenvalue weighted by atomic mass is 32.1. The Labute approximate surface area is 129 Å². The van der Waals surface area contributed by atoms with Crippen molar-refractivity contribution in [1.82, 2.24) is 20.8 Å². The van der Waals surface area contributed by atoms with E-state index in [1.807, 2.05) is 17.6 Å². The topological polar surface area (TPSA) is 69.8 Å². The fourth-order valence-electron chi connectivity index (χ4n) is 2.24. The summed E-state index contributed by atoms with van der Waals surface area (Å²) in [6, 6.07) is 3.90. The van der Waals surface area contributed by atoms with E-state index in [0.717, 1.165) is 22.6 Å². The van der Waals surface area contributed by atoms with Crippen LogP contribution in [0.3, 0.4) is 0 Å². The van der Waals surface area contributed by atoms with Gasteiger partial charge in [-0.3, -0.25) is 9.89 Å². The van der Waals surface area contributed by atoms with E-state index in [4.69, 9.17) is 0 Å². The molecule has 2 aromatic heterocycles. The van der Waals surface area contributed by atoms with E-state index in [9.17, 15) is 4.79 Å². The third-order valence-corrected chi connectivity index (χ3v) is 4.18. The van der Waals surface area contributed by atoms with Gasteiger partial charge < -0.3 is 10.6 Å². The summed E-state index contributed by atoms with van der Waals surface area (Å²) in [6.07, 6.45) is 2.63. The second-order valence-corrected chi connectivity index (χ2v) is 6.37. The fraction of sp³-hybridized carbons (Fsp3) is 0.467. The van der Waals surface area contributed by atoms with Gasteiger partial charge in [0, 0.05) is 19.2 Å². The zero-order valence-corrected chi connectivity index (χ0v) is 13.5. The number of amides is 1. The first-order valence-corrected chi connectivity index (χ1v) is 8.01. The Morgan fingerprint density at radius 2 is 2.29 bits per heavy atom. The van der Waals surface area contributed by atoms with Crippen LogP contribution in [-0.4, -0.2) is 29.2 Å². The zero-order valence-electron chi connectivity index (χ0n) is 12.6. The molecular weight excluding hydrogens is 284 g/mol. The van der Waals surface area contributed by atoms with Gasteiger partial charge in [-0.05, 0) is 23.8 Å². The minimum absolute atomic E-state index is 0.0323. The fourth-order valence-corrected chi connectivity index (χ4v) is 3.00. The first kappa shape index (κ1) is 15.7. The van der Waals surface area contributed by atoms with Crippen molar-refractivity contribution in [2.75, 3.05) is 7.05 Å². The second kappa shape index (κ2) is 7.38. The monoisotopic (exact) mass is 306 g/mol. The number of aromatic nitrogens is 2. The highest BCUT2D eigenvalue weighted by molar-refractivity contribution is 7.13. The second-order valence-electron chi connectivity index (χ2n) is 5.42. The van der Waals surface area contributed by atoms with Crippen molar-refractivity contribution in [2.45, 2.75) is 32.9 Å². The molecule has 0 aliphatic carbocycles. The molecule has 2 rings (SSSR count). The Morgan fingerprint density at radius 3 is 2.90 bits per heavy atom. The van der Waals surface area contributed by atoms with E-state index in [-0.39, 0.29) is 11.9 Å². The van der Waals surface area contributed by atoms with E-state index in [2.05, 4.69) is 40.7 Å². The van der Waals surface area contributed by atoms with Gasteiger partial charge >= 0.3 is 0 Å². The summed E-state index contributed by atoms with van der Waals surface area (Å²) in [5.41, 5.74) is 2.10. The van der Waals surface area contributed by atoms with Crippen molar-refractivity contribution in [3.63, 3.8) is 0 Å². The van der Waals surface area contributed by atoms with Gasteiger partial charge in [-0.1, -0.05) is 19.9 Å². The number of carbonyl (C=O) groups is 1. The minimum Gasteiger partial charge on any atom is -0.358 e. The van der Waals surface area contributed by atoms with Gasteiger partial charge in [0.15, 0.2) is 0 Å². The number of likely N-dealkylation sites (N-methyl/N-ethyl adjacent to an activating group) is 1. The normalized spacial score (nSPS) is 12.6. The molecule has 0 fully saturated rings. The zero-order chi connectivity index (χ0) is 15.2. The molecule has 21 heavy (non-hydrogen) atoms. The highest BCUT2D eigenvalue weighted by Crippen LogP contribution is 2.25. The average Bonchev–Trinajstić information content (AvgIpc) is 3.12. The third-order valence-electron chi connectivity index (χ3n) is 3.29. The van der Waals surface area contributed by atoms with Crippen LogP contribution in [0.15, 0.2) is 23.7 Å². The van der Waals surface area contributed by atoms with Crippen LogP contribution in [0.1, 0.15) is 25.8 Å². The summed E-state index contributed by atoms with van der Waals surface area (Å²) in [5, 5.41) is 15.3. The Bertz CT molecular complexity index is 562. The number of hydrogen-bond donors (Lipinski definition) is 3. The summed E-state index contributed by atoms with van der Waals surface area (Å²) in [6.45, 7) is 4.85. The van der Waals surface area contributed by atoms with Crippen LogP contribution in [0, 0.1) is 5.92 Å². The van der Waals surface area contributed by atoms with E-state index in [0.29, 0.717) is 12.5 Å². The van der Waals surface area contributed by atoms with Crippen LogP contribution >= 0.6 is 11.3 Å². The molecule has 0 spiro atoms. The number of rotatable bonds is 7. The summed E-state index contributed by atoms with van der Waals surface area (Å²) >= 11 is 1.67. The number of aromatic amines is 1. The lowest BCUT2D eigenvalue weighted by atomic mass is 10.0. The quantitative estimate of drug-likeness (QED) is 0.735. The van der Waals surface area contributed by atoms with Gasteiger partial charge in [-0.15, -0.1) is 11.3 Å². The number of H-pyrrole nitrogens is 1. The summed E-state index contributed by atoms with van der Waals surface area (Å²) in [7, 11) is 1.67. The van der Waals surface area contributed by atoms with Gasteiger partial charge in [0.25, 0.3) is 0 Å². The molecular formula is C15H22N4OS. The lowest BCUT2D eigenvalue weighted by molar-refractivity contribution is -0.123. The molecule has 0 aliphatic rings. The van der Waals surface area contributed by atoms with Crippen LogP contribution < -0.4 is 10.6 Å². The maximum Gasteiger partial charge on any atom is 0.236 e. The molecule has 0 aromatic carbocycles. The van der Waals surface area contributed by atoms with E-state index in [1.165, 1.54) is 0 Å². The lowest BCUT2D eigenvalue weighted by Gasteiger charge is -2.19. The molecule has 1 amide bonds. The van der Waals surface area contributed by atoms with Crippen LogP contribution in [-0.2, 0) is 11.3 Å². The highest BCUT2D eigenvalue weighted by Gasteiger charge is 2.19. The average molecular weight is 306 g/mol. The van der Waals surface area contributed by atoms with Crippen LogP contribution in [0.4, 0.5) is 0 Å². The van der Waals surface area contributed by atoms with Gasteiger partial charge in [-0.25, -0.2) is 0 Å². The molecule has 114 valence electrons. The number of carbonyl (C=O) groups excluding carboxylic acids is 1. The van der Waals surface area contributed by atoms with Crippen molar-refractivity contribution in [3.05, 3.63) is 29.3 Å². The molecule has 1 unspecified atom stereocenters. The third kappa shape index (κ3) is 4.15.